The number of rotatable bonds is 7. The predicted octanol–water partition coefficient (Wildman–Crippen LogP) is 3.51. The first-order valence-corrected chi connectivity index (χ1v) is 8.98. The van der Waals surface area contributed by atoms with Crippen LogP contribution in [0.4, 0.5) is 5.69 Å². The van der Waals surface area contributed by atoms with Gasteiger partial charge in [-0.3, -0.25) is 10.2 Å². The van der Waals surface area contributed by atoms with Gasteiger partial charge in [-0.05, 0) is 38.3 Å². The van der Waals surface area contributed by atoms with Gasteiger partial charge in [-0.25, -0.2) is 0 Å². The van der Waals surface area contributed by atoms with Crippen LogP contribution in [0.3, 0.4) is 0 Å². The van der Waals surface area contributed by atoms with Crippen LogP contribution in [0.1, 0.15) is 46.7 Å². The molecule has 1 aromatic carbocycles. The molecule has 0 spiro atoms. The molecule has 6 nitrogen and oxygen atoms in total. The minimum Gasteiger partial charge on any atom is -0.455 e. The number of fused-ring (bicyclic) bond motifs is 1. The Morgan fingerprint density at radius 2 is 2.08 bits per heavy atom. The second-order valence-electron chi connectivity index (χ2n) is 6.35. The molecule has 1 heterocycles. The van der Waals surface area contributed by atoms with E-state index in [1.165, 1.54) is 0 Å². The van der Waals surface area contributed by atoms with Crippen molar-refractivity contribution in [3.8, 4) is 0 Å². The number of nitrogens with one attached hydrogen (secondary N) is 2. The molecule has 0 fully saturated rings. The SMILES string of the molecule is COCCCNC(=O)c1oc2c(c1C)/C(=N/Nc1ccccc1)CCC2. The van der Waals surface area contributed by atoms with Crippen LogP contribution in [-0.2, 0) is 11.2 Å². The smallest absolute Gasteiger partial charge is 0.287 e. The molecule has 0 saturated heterocycles. The highest BCUT2D eigenvalue weighted by atomic mass is 16.5. The average molecular weight is 355 g/mol. The lowest BCUT2D eigenvalue weighted by atomic mass is 9.93. The van der Waals surface area contributed by atoms with E-state index in [1.54, 1.807) is 7.11 Å². The molecule has 138 valence electrons. The molecule has 1 aliphatic carbocycles. The second kappa shape index (κ2) is 8.67. The lowest BCUT2D eigenvalue weighted by molar-refractivity contribution is 0.0918. The van der Waals surface area contributed by atoms with Crippen LogP contribution in [0.25, 0.3) is 0 Å². The van der Waals surface area contributed by atoms with Gasteiger partial charge >= 0.3 is 0 Å². The third-order valence-corrected chi connectivity index (χ3v) is 4.44. The van der Waals surface area contributed by atoms with Gasteiger partial charge in [-0.1, -0.05) is 18.2 Å². The van der Waals surface area contributed by atoms with Crippen molar-refractivity contribution in [2.45, 2.75) is 32.6 Å². The number of furan rings is 1. The fourth-order valence-corrected chi connectivity index (χ4v) is 3.14. The zero-order valence-corrected chi connectivity index (χ0v) is 15.3. The van der Waals surface area contributed by atoms with Crippen LogP contribution in [0.15, 0.2) is 39.9 Å². The summed E-state index contributed by atoms with van der Waals surface area (Å²) in [6.07, 6.45) is 3.43. The van der Waals surface area contributed by atoms with E-state index in [0.29, 0.717) is 18.9 Å². The van der Waals surface area contributed by atoms with Crippen molar-refractivity contribution < 1.29 is 13.9 Å². The number of carbonyl (C=O) groups is 1. The maximum absolute atomic E-state index is 12.4. The summed E-state index contributed by atoms with van der Waals surface area (Å²) in [5.41, 5.74) is 6.81. The quantitative estimate of drug-likeness (QED) is 0.589. The summed E-state index contributed by atoms with van der Waals surface area (Å²) in [7, 11) is 1.65. The van der Waals surface area contributed by atoms with E-state index in [0.717, 1.165) is 54.0 Å². The molecule has 0 atom stereocenters. The van der Waals surface area contributed by atoms with Gasteiger partial charge in [0.2, 0.25) is 0 Å². The number of para-hydroxylation sites is 1. The Morgan fingerprint density at radius 3 is 2.85 bits per heavy atom. The fourth-order valence-electron chi connectivity index (χ4n) is 3.14. The van der Waals surface area contributed by atoms with Crippen LogP contribution in [0, 0.1) is 6.92 Å². The second-order valence-corrected chi connectivity index (χ2v) is 6.35. The number of methoxy groups -OCH3 is 1. The molecular weight excluding hydrogens is 330 g/mol. The minimum atomic E-state index is -0.177. The van der Waals surface area contributed by atoms with E-state index in [2.05, 4.69) is 15.8 Å². The lowest BCUT2D eigenvalue weighted by Gasteiger charge is -2.13. The van der Waals surface area contributed by atoms with Gasteiger partial charge in [0, 0.05) is 37.8 Å². The normalized spacial score (nSPS) is 14.9. The van der Waals surface area contributed by atoms with Crippen molar-refractivity contribution in [2.24, 2.45) is 5.10 Å². The number of hydrazone groups is 1. The maximum Gasteiger partial charge on any atom is 0.287 e. The van der Waals surface area contributed by atoms with E-state index >= 15 is 0 Å². The lowest BCUT2D eigenvalue weighted by Crippen LogP contribution is -2.25. The molecule has 1 aromatic heterocycles. The van der Waals surface area contributed by atoms with Crippen molar-refractivity contribution in [3.05, 3.63) is 53.0 Å². The molecular formula is C20H25N3O3. The highest BCUT2D eigenvalue weighted by Gasteiger charge is 2.27. The summed E-state index contributed by atoms with van der Waals surface area (Å²) in [5, 5.41) is 7.46. The molecule has 2 N–H and O–H groups in total. The number of ether oxygens (including phenoxy) is 1. The fraction of sp³-hybridized carbons (Fsp3) is 0.400. The van der Waals surface area contributed by atoms with Crippen molar-refractivity contribution in [1.29, 1.82) is 0 Å². The van der Waals surface area contributed by atoms with Crippen LogP contribution in [0.2, 0.25) is 0 Å². The number of amides is 1. The van der Waals surface area contributed by atoms with Crippen LogP contribution < -0.4 is 10.7 Å². The van der Waals surface area contributed by atoms with E-state index in [4.69, 9.17) is 9.15 Å². The van der Waals surface area contributed by atoms with E-state index < -0.39 is 0 Å². The van der Waals surface area contributed by atoms with E-state index in [-0.39, 0.29) is 5.91 Å². The highest BCUT2D eigenvalue weighted by Crippen LogP contribution is 2.30. The maximum atomic E-state index is 12.4. The summed E-state index contributed by atoms with van der Waals surface area (Å²) in [4.78, 5) is 12.4. The van der Waals surface area contributed by atoms with Gasteiger partial charge in [-0.2, -0.15) is 5.10 Å². The Labute approximate surface area is 153 Å². The molecule has 0 radical (unpaired) electrons. The molecule has 0 aliphatic heterocycles. The van der Waals surface area contributed by atoms with Crippen molar-refractivity contribution in [2.75, 3.05) is 25.7 Å². The van der Waals surface area contributed by atoms with Gasteiger partial charge in [0.25, 0.3) is 5.91 Å². The first-order chi connectivity index (χ1) is 12.7. The Kier molecular flexibility index (Phi) is 6.07. The minimum absolute atomic E-state index is 0.177. The summed E-state index contributed by atoms with van der Waals surface area (Å²) >= 11 is 0. The molecule has 3 rings (SSSR count). The van der Waals surface area contributed by atoms with Crippen LogP contribution in [-0.4, -0.2) is 31.9 Å². The summed E-state index contributed by atoms with van der Waals surface area (Å²) in [6.45, 7) is 3.11. The van der Waals surface area contributed by atoms with Crippen molar-refractivity contribution in [1.82, 2.24) is 5.32 Å². The molecule has 0 unspecified atom stereocenters. The number of benzene rings is 1. The standard InChI is InChI=1S/C20H25N3O3/c1-14-18-16(23-22-15-8-4-3-5-9-15)10-6-11-17(18)26-19(14)20(24)21-12-7-13-25-2/h3-5,8-9,22H,6-7,10-13H2,1-2H3,(H,21,24)/b23-16+. The average Bonchev–Trinajstić information content (AvgIpc) is 3.02. The summed E-state index contributed by atoms with van der Waals surface area (Å²) < 4.78 is 10.9. The Bertz CT molecular complexity index is 781. The summed E-state index contributed by atoms with van der Waals surface area (Å²) in [6, 6.07) is 9.83. The number of aryl methyl sites for hydroxylation is 1. The Balaban J connectivity index is 1.77. The summed E-state index contributed by atoms with van der Waals surface area (Å²) in [5.74, 6) is 1.06. The molecule has 2 aromatic rings. The first kappa shape index (κ1) is 18.2. The Hall–Kier alpha value is -2.60. The van der Waals surface area contributed by atoms with E-state index in [9.17, 15) is 4.79 Å². The zero-order valence-electron chi connectivity index (χ0n) is 15.3. The van der Waals surface area contributed by atoms with Gasteiger partial charge in [-0.15, -0.1) is 0 Å². The van der Waals surface area contributed by atoms with Gasteiger partial charge in [0.15, 0.2) is 5.76 Å². The monoisotopic (exact) mass is 355 g/mol. The first-order valence-electron chi connectivity index (χ1n) is 8.98. The van der Waals surface area contributed by atoms with Gasteiger partial charge in [0.1, 0.15) is 5.76 Å². The molecule has 6 heteroatoms. The predicted molar refractivity (Wildman–Crippen MR) is 102 cm³/mol. The number of anilines is 1. The topological polar surface area (TPSA) is 75.9 Å². The zero-order chi connectivity index (χ0) is 18.4. The van der Waals surface area contributed by atoms with E-state index in [1.807, 2.05) is 37.3 Å². The molecule has 0 bridgehead atoms. The van der Waals surface area contributed by atoms with Crippen LogP contribution >= 0.6 is 0 Å². The molecule has 1 aliphatic rings. The molecule has 1 amide bonds. The van der Waals surface area contributed by atoms with Crippen molar-refractivity contribution >= 4 is 17.3 Å². The third kappa shape index (κ3) is 4.14. The van der Waals surface area contributed by atoms with Crippen LogP contribution in [0.5, 0.6) is 0 Å². The molecule has 0 saturated carbocycles. The number of hydrogen-bond acceptors (Lipinski definition) is 5. The van der Waals surface area contributed by atoms with Gasteiger partial charge < -0.3 is 14.5 Å². The number of carbonyl (C=O) groups excluding carboxylic acids is 1. The number of nitrogens with zero attached hydrogens (tertiary/aromatic N) is 1. The number of hydrogen-bond donors (Lipinski definition) is 2. The largest absolute Gasteiger partial charge is 0.455 e. The Morgan fingerprint density at radius 1 is 1.27 bits per heavy atom. The van der Waals surface area contributed by atoms with Crippen molar-refractivity contribution in [3.63, 3.8) is 0 Å². The molecule has 26 heavy (non-hydrogen) atoms. The highest BCUT2D eigenvalue weighted by molar-refractivity contribution is 6.06. The van der Waals surface area contributed by atoms with Gasteiger partial charge in [0.05, 0.1) is 11.4 Å². The third-order valence-electron chi connectivity index (χ3n) is 4.44.